The Morgan fingerprint density at radius 3 is 2.90 bits per heavy atom. The molecule has 0 aliphatic carbocycles. The van der Waals surface area contributed by atoms with Crippen LogP contribution in [0, 0.1) is 5.92 Å². The monoisotopic (exact) mass is 348 g/mol. The summed E-state index contributed by atoms with van der Waals surface area (Å²) < 4.78 is 1.10. The van der Waals surface area contributed by atoms with Crippen LogP contribution in [-0.2, 0) is 4.79 Å². The lowest BCUT2D eigenvalue weighted by molar-refractivity contribution is -0.137. The molecular weight excluding hydrogens is 328 g/mol. The summed E-state index contributed by atoms with van der Waals surface area (Å²) in [5, 5.41) is 3.59. The van der Waals surface area contributed by atoms with Gasteiger partial charge < -0.3 is 10.2 Å². The number of halogens is 1. The van der Waals surface area contributed by atoms with Crippen molar-refractivity contribution in [3.8, 4) is 0 Å². The predicted molar refractivity (Wildman–Crippen MR) is 85.9 cm³/mol. The molecular formula is C17H21BrN2O. The lowest BCUT2D eigenvalue weighted by Crippen LogP contribution is -2.40. The molecule has 1 aromatic carbocycles. The summed E-state index contributed by atoms with van der Waals surface area (Å²) in [7, 11) is 0. The highest BCUT2D eigenvalue weighted by atomic mass is 79.9. The van der Waals surface area contributed by atoms with Gasteiger partial charge in [0.25, 0.3) is 0 Å². The van der Waals surface area contributed by atoms with Gasteiger partial charge in [-0.15, -0.1) is 0 Å². The minimum absolute atomic E-state index is 0.219. The molecule has 2 bridgehead atoms. The molecule has 4 rings (SSSR count). The Balaban J connectivity index is 1.55. The Labute approximate surface area is 134 Å². The van der Waals surface area contributed by atoms with Crippen molar-refractivity contribution in [3.63, 3.8) is 0 Å². The Morgan fingerprint density at radius 2 is 2.19 bits per heavy atom. The molecule has 3 aliphatic rings. The number of benzene rings is 1. The summed E-state index contributed by atoms with van der Waals surface area (Å²) in [6.07, 6.45) is 5.69. The van der Waals surface area contributed by atoms with Crippen molar-refractivity contribution >= 4 is 21.8 Å². The van der Waals surface area contributed by atoms with E-state index in [2.05, 4.69) is 44.3 Å². The fourth-order valence-corrected chi connectivity index (χ4v) is 4.82. The van der Waals surface area contributed by atoms with Gasteiger partial charge in [0.05, 0.1) is 12.0 Å². The van der Waals surface area contributed by atoms with E-state index >= 15 is 0 Å². The van der Waals surface area contributed by atoms with E-state index in [0.717, 1.165) is 30.3 Å². The minimum Gasteiger partial charge on any atom is -0.335 e. The number of nitrogens with zero attached hydrogens (tertiary/aromatic N) is 1. The van der Waals surface area contributed by atoms with Gasteiger partial charge in [-0.2, -0.15) is 0 Å². The van der Waals surface area contributed by atoms with Gasteiger partial charge in [-0.05, 0) is 49.8 Å². The van der Waals surface area contributed by atoms with Crippen molar-refractivity contribution in [2.45, 2.75) is 50.2 Å². The molecule has 1 amide bonds. The molecule has 112 valence electrons. The Kier molecular flexibility index (Phi) is 3.54. The van der Waals surface area contributed by atoms with Gasteiger partial charge >= 0.3 is 0 Å². The van der Waals surface area contributed by atoms with Crippen molar-refractivity contribution in [1.82, 2.24) is 10.2 Å². The van der Waals surface area contributed by atoms with Crippen LogP contribution in [0.4, 0.5) is 0 Å². The average molecular weight is 349 g/mol. The first-order valence-corrected chi connectivity index (χ1v) is 8.83. The summed E-state index contributed by atoms with van der Waals surface area (Å²) in [6, 6.07) is 9.73. The van der Waals surface area contributed by atoms with Gasteiger partial charge in [0.1, 0.15) is 0 Å². The van der Waals surface area contributed by atoms with Gasteiger partial charge in [0, 0.05) is 23.1 Å². The van der Waals surface area contributed by atoms with E-state index in [0.29, 0.717) is 18.0 Å². The second kappa shape index (κ2) is 5.40. The Bertz CT molecular complexity index is 561. The Morgan fingerprint density at radius 1 is 1.29 bits per heavy atom. The van der Waals surface area contributed by atoms with E-state index in [1.54, 1.807) is 0 Å². The topological polar surface area (TPSA) is 32.3 Å². The molecule has 21 heavy (non-hydrogen) atoms. The van der Waals surface area contributed by atoms with E-state index in [9.17, 15) is 4.79 Å². The predicted octanol–water partition coefficient (Wildman–Crippen LogP) is 3.25. The molecule has 0 saturated carbocycles. The van der Waals surface area contributed by atoms with Crippen LogP contribution in [0.3, 0.4) is 0 Å². The van der Waals surface area contributed by atoms with E-state index in [-0.39, 0.29) is 12.0 Å². The summed E-state index contributed by atoms with van der Waals surface area (Å²) in [5.41, 5.74) is 1.27. The molecule has 0 spiro atoms. The average Bonchev–Trinajstić information content (AvgIpc) is 3.22. The van der Waals surface area contributed by atoms with Crippen molar-refractivity contribution < 1.29 is 4.79 Å². The van der Waals surface area contributed by atoms with Crippen LogP contribution in [0.1, 0.15) is 43.7 Å². The first-order valence-electron chi connectivity index (χ1n) is 8.04. The highest BCUT2D eigenvalue weighted by molar-refractivity contribution is 9.10. The van der Waals surface area contributed by atoms with Gasteiger partial charge in [-0.3, -0.25) is 4.79 Å². The summed E-state index contributed by atoms with van der Waals surface area (Å²) in [5.74, 6) is 0.605. The SMILES string of the molecule is O=C(C1CC2CCC1N2)N1CCCC1c1cccc(Br)c1. The number of fused-ring (bicyclic) bond motifs is 2. The second-order valence-electron chi connectivity index (χ2n) is 6.63. The van der Waals surface area contributed by atoms with Crippen molar-refractivity contribution in [2.24, 2.45) is 5.92 Å². The van der Waals surface area contributed by atoms with Crippen LogP contribution in [0.5, 0.6) is 0 Å². The molecule has 4 unspecified atom stereocenters. The zero-order valence-electron chi connectivity index (χ0n) is 12.1. The molecule has 4 atom stereocenters. The van der Waals surface area contributed by atoms with Crippen LogP contribution >= 0.6 is 15.9 Å². The van der Waals surface area contributed by atoms with E-state index in [4.69, 9.17) is 0 Å². The van der Waals surface area contributed by atoms with Crippen LogP contribution in [0.15, 0.2) is 28.7 Å². The summed E-state index contributed by atoms with van der Waals surface area (Å²) >= 11 is 3.55. The zero-order chi connectivity index (χ0) is 14.4. The first kappa shape index (κ1) is 13.8. The number of rotatable bonds is 2. The van der Waals surface area contributed by atoms with Gasteiger partial charge in [0.15, 0.2) is 0 Å². The Hall–Kier alpha value is -0.870. The highest BCUT2D eigenvalue weighted by Crippen LogP contribution is 2.39. The second-order valence-corrected chi connectivity index (χ2v) is 7.55. The standard InChI is InChI=1S/C17H21BrN2O/c18-12-4-1-3-11(9-12)16-5-2-8-20(16)17(21)14-10-13-6-7-15(14)19-13/h1,3-4,9,13-16,19H,2,5-8,10H2. The fourth-order valence-electron chi connectivity index (χ4n) is 4.40. The number of carbonyl (C=O) groups excluding carboxylic acids is 1. The molecule has 0 radical (unpaired) electrons. The lowest BCUT2D eigenvalue weighted by atomic mass is 9.87. The van der Waals surface area contributed by atoms with Crippen molar-refractivity contribution in [3.05, 3.63) is 34.3 Å². The maximum Gasteiger partial charge on any atom is 0.227 e. The molecule has 3 saturated heterocycles. The number of hydrogen-bond acceptors (Lipinski definition) is 2. The maximum atomic E-state index is 13.0. The quantitative estimate of drug-likeness (QED) is 0.889. The van der Waals surface area contributed by atoms with E-state index in [1.165, 1.54) is 18.4 Å². The molecule has 3 aliphatic heterocycles. The van der Waals surface area contributed by atoms with Crippen LogP contribution < -0.4 is 5.32 Å². The van der Waals surface area contributed by atoms with Gasteiger partial charge in [-0.25, -0.2) is 0 Å². The number of hydrogen-bond donors (Lipinski definition) is 1. The molecule has 4 heteroatoms. The third kappa shape index (κ3) is 2.42. The van der Waals surface area contributed by atoms with Gasteiger partial charge in [0.2, 0.25) is 5.91 Å². The third-order valence-electron chi connectivity index (χ3n) is 5.39. The van der Waals surface area contributed by atoms with E-state index in [1.807, 2.05) is 6.07 Å². The smallest absolute Gasteiger partial charge is 0.227 e. The summed E-state index contributed by atoms with van der Waals surface area (Å²) in [6.45, 7) is 0.921. The largest absolute Gasteiger partial charge is 0.335 e. The number of likely N-dealkylation sites (tertiary alicyclic amines) is 1. The molecule has 1 N–H and O–H groups in total. The van der Waals surface area contributed by atoms with Crippen molar-refractivity contribution in [2.75, 3.05) is 6.54 Å². The molecule has 0 aromatic heterocycles. The van der Waals surface area contributed by atoms with Gasteiger partial charge in [-0.1, -0.05) is 28.1 Å². The number of amides is 1. The lowest BCUT2D eigenvalue weighted by Gasteiger charge is -2.30. The van der Waals surface area contributed by atoms with Crippen molar-refractivity contribution in [1.29, 1.82) is 0 Å². The highest BCUT2D eigenvalue weighted by Gasteiger charge is 2.45. The van der Waals surface area contributed by atoms with Crippen LogP contribution in [0.2, 0.25) is 0 Å². The maximum absolute atomic E-state index is 13.0. The minimum atomic E-state index is 0.219. The molecule has 1 aromatic rings. The van der Waals surface area contributed by atoms with E-state index < -0.39 is 0 Å². The molecule has 3 fully saturated rings. The molecule has 3 heterocycles. The third-order valence-corrected chi connectivity index (χ3v) is 5.88. The van der Waals surface area contributed by atoms with Crippen LogP contribution in [-0.4, -0.2) is 29.4 Å². The number of nitrogens with one attached hydrogen (secondary N) is 1. The number of carbonyl (C=O) groups is 1. The van der Waals surface area contributed by atoms with Crippen LogP contribution in [0.25, 0.3) is 0 Å². The molecule has 3 nitrogen and oxygen atoms in total. The zero-order valence-corrected chi connectivity index (χ0v) is 13.7. The first-order chi connectivity index (χ1) is 10.2. The normalized spacial score (nSPS) is 34.6. The fraction of sp³-hybridized carbons (Fsp3) is 0.588. The summed E-state index contributed by atoms with van der Waals surface area (Å²) in [4.78, 5) is 15.1.